The normalized spacial score (nSPS) is 11.7. The van der Waals surface area contributed by atoms with Gasteiger partial charge in [0, 0.05) is 6.54 Å². The molecule has 6 nitrogen and oxygen atoms in total. The SMILES string of the molecule is C=CCN(CC(=O)O)C(=O)NC(C)c1ccc(C)o1. The van der Waals surface area contributed by atoms with Gasteiger partial charge in [-0.1, -0.05) is 6.08 Å². The number of rotatable bonds is 6. The van der Waals surface area contributed by atoms with Gasteiger partial charge in [0.15, 0.2) is 0 Å². The minimum absolute atomic E-state index is 0.169. The summed E-state index contributed by atoms with van der Waals surface area (Å²) >= 11 is 0. The Morgan fingerprint density at radius 3 is 2.74 bits per heavy atom. The second kappa shape index (κ2) is 6.63. The Kier molecular flexibility index (Phi) is 5.17. The van der Waals surface area contributed by atoms with Crippen molar-refractivity contribution in [1.82, 2.24) is 10.2 Å². The number of hydrogen-bond donors (Lipinski definition) is 2. The number of furan rings is 1. The van der Waals surface area contributed by atoms with Crippen LogP contribution in [-0.2, 0) is 4.79 Å². The number of aryl methyl sites for hydroxylation is 1. The van der Waals surface area contributed by atoms with E-state index in [0.29, 0.717) is 5.76 Å². The summed E-state index contributed by atoms with van der Waals surface area (Å²) in [6, 6.07) is 2.78. The summed E-state index contributed by atoms with van der Waals surface area (Å²) in [6.07, 6.45) is 1.48. The van der Waals surface area contributed by atoms with E-state index in [-0.39, 0.29) is 19.1 Å². The minimum atomic E-state index is -1.07. The monoisotopic (exact) mass is 266 g/mol. The molecule has 1 aromatic heterocycles. The maximum Gasteiger partial charge on any atom is 0.323 e. The number of amides is 2. The van der Waals surface area contributed by atoms with Crippen molar-refractivity contribution >= 4 is 12.0 Å². The van der Waals surface area contributed by atoms with Crippen LogP contribution in [0, 0.1) is 6.92 Å². The summed E-state index contributed by atoms with van der Waals surface area (Å²) in [4.78, 5) is 23.7. The fourth-order valence-electron chi connectivity index (χ4n) is 1.57. The molecule has 1 rings (SSSR count). The molecule has 0 saturated heterocycles. The third-order valence-electron chi connectivity index (χ3n) is 2.49. The molecule has 0 aromatic carbocycles. The van der Waals surface area contributed by atoms with Crippen molar-refractivity contribution in [2.75, 3.05) is 13.1 Å². The second-order valence-electron chi connectivity index (χ2n) is 4.18. The van der Waals surface area contributed by atoms with Crippen LogP contribution in [-0.4, -0.2) is 35.1 Å². The highest BCUT2D eigenvalue weighted by Crippen LogP contribution is 2.15. The number of carboxylic acid groups (broad SMARTS) is 1. The lowest BCUT2D eigenvalue weighted by atomic mass is 10.2. The van der Waals surface area contributed by atoms with E-state index in [1.54, 1.807) is 19.1 Å². The van der Waals surface area contributed by atoms with Crippen LogP contribution in [0.1, 0.15) is 24.5 Å². The van der Waals surface area contributed by atoms with Gasteiger partial charge in [-0.15, -0.1) is 6.58 Å². The summed E-state index contributed by atoms with van der Waals surface area (Å²) < 4.78 is 5.40. The van der Waals surface area contributed by atoms with Crippen molar-refractivity contribution in [1.29, 1.82) is 0 Å². The molecule has 2 amide bonds. The molecule has 0 bridgehead atoms. The first-order chi connectivity index (χ1) is 8.93. The van der Waals surface area contributed by atoms with E-state index in [9.17, 15) is 9.59 Å². The molecule has 0 radical (unpaired) electrons. The summed E-state index contributed by atoms with van der Waals surface area (Å²) in [7, 11) is 0. The molecule has 1 unspecified atom stereocenters. The van der Waals surface area contributed by atoms with Crippen LogP contribution < -0.4 is 5.32 Å². The molecule has 6 heteroatoms. The smallest absolute Gasteiger partial charge is 0.323 e. The molecule has 0 aliphatic rings. The molecule has 1 atom stereocenters. The van der Waals surface area contributed by atoms with Gasteiger partial charge in [0.25, 0.3) is 0 Å². The number of aliphatic carboxylic acids is 1. The Labute approximate surface area is 111 Å². The molecule has 0 aliphatic heterocycles. The van der Waals surface area contributed by atoms with E-state index >= 15 is 0 Å². The van der Waals surface area contributed by atoms with E-state index in [1.807, 2.05) is 6.92 Å². The summed E-state index contributed by atoms with van der Waals surface area (Å²) in [5.41, 5.74) is 0. The topological polar surface area (TPSA) is 82.8 Å². The van der Waals surface area contributed by atoms with Gasteiger partial charge in [0.2, 0.25) is 0 Å². The molecule has 2 N–H and O–H groups in total. The number of urea groups is 1. The van der Waals surface area contributed by atoms with Gasteiger partial charge >= 0.3 is 12.0 Å². The Morgan fingerprint density at radius 2 is 2.26 bits per heavy atom. The van der Waals surface area contributed by atoms with Gasteiger partial charge in [0.05, 0.1) is 6.04 Å². The van der Waals surface area contributed by atoms with Crippen molar-refractivity contribution in [3.8, 4) is 0 Å². The average molecular weight is 266 g/mol. The summed E-state index contributed by atoms with van der Waals surface area (Å²) in [5.74, 6) is 0.308. The van der Waals surface area contributed by atoms with E-state index in [1.165, 1.54) is 6.08 Å². The Bertz CT molecular complexity index is 467. The fraction of sp³-hybridized carbons (Fsp3) is 0.385. The van der Waals surface area contributed by atoms with E-state index in [2.05, 4.69) is 11.9 Å². The van der Waals surface area contributed by atoms with Crippen molar-refractivity contribution < 1.29 is 19.1 Å². The van der Waals surface area contributed by atoms with Gasteiger partial charge in [-0.3, -0.25) is 4.79 Å². The zero-order valence-corrected chi connectivity index (χ0v) is 11.0. The number of nitrogens with zero attached hydrogens (tertiary/aromatic N) is 1. The van der Waals surface area contributed by atoms with Crippen LogP contribution in [0.2, 0.25) is 0 Å². The summed E-state index contributed by atoms with van der Waals surface area (Å²) in [6.45, 7) is 6.87. The lowest BCUT2D eigenvalue weighted by molar-refractivity contribution is -0.137. The molecule has 0 fully saturated rings. The quantitative estimate of drug-likeness (QED) is 0.771. The van der Waals surface area contributed by atoms with Crippen LogP contribution in [0.4, 0.5) is 4.79 Å². The molecule has 0 saturated carbocycles. The standard InChI is InChI=1S/C13H18N2O4/c1-4-7-15(8-12(16)17)13(18)14-10(3)11-6-5-9(2)19-11/h4-6,10H,1,7-8H2,2-3H3,(H,14,18)(H,16,17). The molecule has 0 spiro atoms. The van der Waals surface area contributed by atoms with Crippen molar-refractivity contribution in [2.45, 2.75) is 19.9 Å². The Balaban J connectivity index is 2.65. The van der Waals surface area contributed by atoms with Crippen molar-refractivity contribution in [2.24, 2.45) is 0 Å². The van der Waals surface area contributed by atoms with Crippen molar-refractivity contribution in [3.05, 3.63) is 36.3 Å². The third kappa shape index (κ3) is 4.50. The highest BCUT2D eigenvalue weighted by atomic mass is 16.4. The number of nitrogens with one attached hydrogen (secondary N) is 1. The van der Waals surface area contributed by atoms with Crippen molar-refractivity contribution in [3.63, 3.8) is 0 Å². The van der Waals surface area contributed by atoms with E-state index in [0.717, 1.165) is 10.7 Å². The van der Waals surface area contributed by atoms with Crippen LogP contribution in [0.5, 0.6) is 0 Å². The lowest BCUT2D eigenvalue weighted by Gasteiger charge is -2.21. The molecular weight excluding hydrogens is 248 g/mol. The van der Waals surface area contributed by atoms with E-state index in [4.69, 9.17) is 9.52 Å². The number of carbonyl (C=O) groups is 2. The molecular formula is C13H18N2O4. The van der Waals surface area contributed by atoms with Crippen LogP contribution in [0.25, 0.3) is 0 Å². The maximum absolute atomic E-state index is 11.9. The third-order valence-corrected chi connectivity index (χ3v) is 2.49. The number of hydrogen-bond acceptors (Lipinski definition) is 3. The van der Waals surface area contributed by atoms with Gasteiger partial charge in [-0.25, -0.2) is 4.79 Å². The average Bonchev–Trinajstić information content (AvgIpc) is 2.74. The van der Waals surface area contributed by atoms with Gasteiger partial charge in [-0.05, 0) is 26.0 Å². The largest absolute Gasteiger partial charge is 0.480 e. The Hall–Kier alpha value is -2.24. The van der Waals surface area contributed by atoms with Gasteiger partial charge in [-0.2, -0.15) is 0 Å². The zero-order valence-electron chi connectivity index (χ0n) is 11.0. The predicted molar refractivity (Wildman–Crippen MR) is 69.8 cm³/mol. The van der Waals surface area contributed by atoms with E-state index < -0.39 is 12.0 Å². The molecule has 19 heavy (non-hydrogen) atoms. The minimum Gasteiger partial charge on any atom is -0.480 e. The maximum atomic E-state index is 11.9. The van der Waals surface area contributed by atoms with Crippen LogP contribution in [0.3, 0.4) is 0 Å². The molecule has 104 valence electrons. The highest BCUT2D eigenvalue weighted by molar-refractivity contribution is 5.80. The van der Waals surface area contributed by atoms with Crippen LogP contribution >= 0.6 is 0 Å². The Morgan fingerprint density at radius 1 is 1.58 bits per heavy atom. The highest BCUT2D eigenvalue weighted by Gasteiger charge is 2.19. The lowest BCUT2D eigenvalue weighted by Crippen LogP contribution is -2.43. The molecule has 1 aromatic rings. The van der Waals surface area contributed by atoms with Crippen LogP contribution in [0.15, 0.2) is 29.2 Å². The molecule has 1 heterocycles. The second-order valence-corrected chi connectivity index (χ2v) is 4.18. The zero-order chi connectivity index (χ0) is 14.4. The molecule has 0 aliphatic carbocycles. The van der Waals surface area contributed by atoms with Gasteiger partial charge < -0.3 is 19.7 Å². The predicted octanol–water partition coefficient (Wildman–Crippen LogP) is 1.93. The number of carboxylic acids is 1. The summed E-state index contributed by atoms with van der Waals surface area (Å²) in [5, 5.41) is 11.4. The van der Waals surface area contributed by atoms with Gasteiger partial charge in [0.1, 0.15) is 18.1 Å². The number of carbonyl (C=O) groups excluding carboxylic acids is 1. The fourth-order valence-corrected chi connectivity index (χ4v) is 1.57. The first-order valence-electron chi connectivity index (χ1n) is 5.88. The first-order valence-corrected chi connectivity index (χ1v) is 5.88. The first kappa shape index (κ1) is 14.8.